The second kappa shape index (κ2) is 9.74. The summed E-state index contributed by atoms with van der Waals surface area (Å²) in [5.74, 6) is -0.157. The first-order valence-electron chi connectivity index (χ1n) is 9.91. The maximum atomic E-state index is 13.1. The van der Waals surface area contributed by atoms with Crippen LogP contribution in [-0.4, -0.2) is 28.8 Å². The maximum Gasteiger partial charge on any atom is 0.242 e. The number of hydrogen-bond acceptors (Lipinski definition) is 2. The largest absolute Gasteiger partial charge is 0.352 e. The fourth-order valence-electron chi connectivity index (χ4n) is 3.68. The summed E-state index contributed by atoms with van der Waals surface area (Å²) in [6.07, 6.45) is 4.61. The number of nitrogens with zero attached hydrogens (tertiary/aromatic N) is 1. The Hall–Kier alpha value is -2.33. The lowest BCUT2D eigenvalue weighted by molar-refractivity contribution is -0.140. The van der Waals surface area contributed by atoms with Gasteiger partial charge < -0.3 is 10.2 Å². The van der Waals surface area contributed by atoms with Gasteiger partial charge in [-0.2, -0.15) is 0 Å². The van der Waals surface area contributed by atoms with Crippen LogP contribution in [-0.2, 0) is 22.6 Å². The van der Waals surface area contributed by atoms with Crippen molar-refractivity contribution in [2.75, 3.05) is 0 Å². The summed E-state index contributed by atoms with van der Waals surface area (Å²) in [5.41, 5.74) is 1.85. The average molecular weight is 399 g/mol. The lowest BCUT2D eigenvalue weighted by atomic mass is 10.1. The second-order valence-corrected chi connectivity index (χ2v) is 7.92. The third kappa shape index (κ3) is 5.59. The molecule has 1 N–H and O–H groups in total. The van der Waals surface area contributed by atoms with Crippen LogP contribution in [0.2, 0.25) is 5.02 Å². The first kappa shape index (κ1) is 20.4. The fourth-order valence-corrected chi connectivity index (χ4v) is 3.89. The smallest absolute Gasteiger partial charge is 0.242 e. The molecule has 1 aliphatic carbocycles. The van der Waals surface area contributed by atoms with Gasteiger partial charge in [-0.05, 0) is 43.0 Å². The number of halogens is 1. The fraction of sp³-hybridized carbons (Fsp3) is 0.391. The lowest BCUT2D eigenvalue weighted by Gasteiger charge is -2.30. The van der Waals surface area contributed by atoms with E-state index in [4.69, 9.17) is 11.6 Å². The van der Waals surface area contributed by atoms with Gasteiger partial charge in [-0.15, -0.1) is 0 Å². The molecule has 0 radical (unpaired) electrons. The molecule has 1 aliphatic rings. The van der Waals surface area contributed by atoms with Crippen LogP contribution in [0.5, 0.6) is 0 Å². The Kier molecular flexibility index (Phi) is 7.10. The van der Waals surface area contributed by atoms with Crippen molar-refractivity contribution >= 4 is 23.4 Å². The lowest BCUT2D eigenvalue weighted by Crippen LogP contribution is -2.50. The molecule has 1 atom stereocenters. The van der Waals surface area contributed by atoms with Crippen molar-refractivity contribution < 1.29 is 9.59 Å². The van der Waals surface area contributed by atoms with Crippen molar-refractivity contribution in [3.8, 4) is 0 Å². The molecule has 28 heavy (non-hydrogen) atoms. The van der Waals surface area contributed by atoms with Gasteiger partial charge in [0.2, 0.25) is 11.8 Å². The summed E-state index contributed by atoms with van der Waals surface area (Å²) in [6, 6.07) is 16.7. The third-order valence-corrected chi connectivity index (χ3v) is 5.54. The topological polar surface area (TPSA) is 49.4 Å². The molecule has 2 aromatic carbocycles. The van der Waals surface area contributed by atoms with E-state index in [1.54, 1.807) is 17.9 Å². The van der Waals surface area contributed by atoms with E-state index in [1.807, 2.05) is 48.5 Å². The summed E-state index contributed by atoms with van der Waals surface area (Å²) in [5, 5.41) is 3.74. The SMILES string of the molecule is CC(C(=O)NC1CCCC1)N(Cc1cccc(Cl)c1)C(=O)Cc1ccccc1. The normalized spacial score (nSPS) is 15.2. The standard InChI is InChI=1S/C23H27ClN2O2/c1-17(23(28)25-21-12-5-6-13-21)26(16-19-10-7-11-20(24)14-19)22(27)15-18-8-3-2-4-9-18/h2-4,7-11,14,17,21H,5-6,12-13,15-16H2,1H3,(H,25,28). The van der Waals surface area contributed by atoms with Gasteiger partial charge >= 0.3 is 0 Å². The molecule has 148 valence electrons. The Labute approximate surface area is 171 Å². The van der Waals surface area contributed by atoms with E-state index in [0.29, 0.717) is 11.6 Å². The van der Waals surface area contributed by atoms with Crippen LogP contribution >= 0.6 is 11.6 Å². The summed E-state index contributed by atoms with van der Waals surface area (Å²) < 4.78 is 0. The molecule has 1 unspecified atom stereocenters. The van der Waals surface area contributed by atoms with E-state index in [1.165, 1.54) is 0 Å². The van der Waals surface area contributed by atoms with Crippen molar-refractivity contribution in [2.45, 2.75) is 57.7 Å². The van der Waals surface area contributed by atoms with Crippen LogP contribution in [0.1, 0.15) is 43.7 Å². The predicted molar refractivity (Wildman–Crippen MR) is 112 cm³/mol. The summed E-state index contributed by atoms with van der Waals surface area (Å²) in [4.78, 5) is 27.6. The van der Waals surface area contributed by atoms with Gasteiger partial charge in [0.15, 0.2) is 0 Å². The average Bonchev–Trinajstić information content (AvgIpc) is 3.19. The van der Waals surface area contributed by atoms with E-state index in [2.05, 4.69) is 5.32 Å². The molecule has 4 nitrogen and oxygen atoms in total. The van der Waals surface area contributed by atoms with Gasteiger partial charge in [-0.1, -0.05) is 66.9 Å². The minimum atomic E-state index is -0.546. The zero-order valence-corrected chi connectivity index (χ0v) is 17.0. The maximum absolute atomic E-state index is 13.1. The third-order valence-electron chi connectivity index (χ3n) is 5.31. The Balaban J connectivity index is 1.76. The Morgan fingerprint density at radius 3 is 2.43 bits per heavy atom. The Morgan fingerprint density at radius 1 is 1.07 bits per heavy atom. The summed E-state index contributed by atoms with van der Waals surface area (Å²) in [6.45, 7) is 2.16. The van der Waals surface area contributed by atoms with Gasteiger partial charge in [-0.25, -0.2) is 0 Å². The van der Waals surface area contributed by atoms with Crippen molar-refractivity contribution in [3.63, 3.8) is 0 Å². The quantitative estimate of drug-likeness (QED) is 0.753. The van der Waals surface area contributed by atoms with Crippen molar-refractivity contribution in [1.29, 1.82) is 0 Å². The van der Waals surface area contributed by atoms with Crippen LogP contribution in [0.4, 0.5) is 0 Å². The number of rotatable bonds is 7. The first-order valence-corrected chi connectivity index (χ1v) is 10.3. The molecular weight excluding hydrogens is 372 g/mol. The molecule has 1 saturated carbocycles. The molecule has 0 heterocycles. The van der Waals surface area contributed by atoms with Gasteiger partial charge in [-0.3, -0.25) is 9.59 Å². The number of benzene rings is 2. The minimum Gasteiger partial charge on any atom is -0.352 e. The second-order valence-electron chi connectivity index (χ2n) is 7.48. The zero-order chi connectivity index (χ0) is 19.9. The molecule has 2 amide bonds. The highest BCUT2D eigenvalue weighted by molar-refractivity contribution is 6.30. The molecule has 1 fully saturated rings. The number of carbonyl (C=O) groups excluding carboxylic acids is 2. The Morgan fingerprint density at radius 2 is 1.75 bits per heavy atom. The minimum absolute atomic E-state index is 0.0692. The monoisotopic (exact) mass is 398 g/mol. The van der Waals surface area contributed by atoms with Crippen LogP contribution < -0.4 is 5.32 Å². The van der Waals surface area contributed by atoms with Crippen LogP contribution in [0, 0.1) is 0 Å². The van der Waals surface area contributed by atoms with Crippen molar-refractivity contribution in [3.05, 3.63) is 70.7 Å². The predicted octanol–water partition coefficient (Wildman–Crippen LogP) is 4.36. The van der Waals surface area contributed by atoms with Gasteiger partial charge in [0, 0.05) is 17.6 Å². The van der Waals surface area contributed by atoms with Gasteiger partial charge in [0.1, 0.15) is 6.04 Å². The van der Waals surface area contributed by atoms with Crippen molar-refractivity contribution in [1.82, 2.24) is 10.2 Å². The van der Waals surface area contributed by atoms with Crippen LogP contribution in [0.3, 0.4) is 0 Å². The summed E-state index contributed by atoms with van der Waals surface area (Å²) >= 11 is 6.11. The van der Waals surface area contributed by atoms with E-state index < -0.39 is 6.04 Å². The molecular formula is C23H27ClN2O2. The molecule has 0 aromatic heterocycles. The van der Waals surface area contributed by atoms with Crippen LogP contribution in [0.25, 0.3) is 0 Å². The van der Waals surface area contributed by atoms with E-state index in [9.17, 15) is 9.59 Å². The number of nitrogens with one attached hydrogen (secondary N) is 1. The molecule has 0 bridgehead atoms. The number of hydrogen-bond donors (Lipinski definition) is 1. The molecule has 0 aliphatic heterocycles. The molecule has 0 saturated heterocycles. The highest BCUT2D eigenvalue weighted by atomic mass is 35.5. The summed E-state index contributed by atoms with van der Waals surface area (Å²) in [7, 11) is 0. The molecule has 0 spiro atoms. The van der Waals surface area contributed by atoms with Gasteiger partial charge in [0.05, 0.1) is 6.42 Å². The first-order chi connectivity index (χ1) is 13.5. The highest BCUT2D eigenvalue weighted by Crippen LogP contribution is 2.19. The highest BCUT2D eigenvalue weighted by Gasteiger charge is 2.28. The molecule has 5 heteroatoms. The van der Waals surface area contributed by atoms with E-state index >= 15 is 0 Å². The number of amides is 2. The zero-order valence-electron chi connectivity index (χ0n) is 16.2. The molecule has 3 rings (SSSR count). The van der Waals surface area contributed by atoms with E-state index in [-0.39, 0.29) is 24.3 Å². The van der Waals surface area contributed by atoms with Gasteiger partial charge in [0.25, 0.3) is 0 Å². The molecule has 2 aromatic rings. The van der Waals surface area contributed by atoms with E-state index in [0.717, 1.165) is 36.8 Å². The Bertz CT molecular complexity index is 803. The number of carbonyl (C=O) groups is 2. The van der Waals surface area contributed by atoms with Crippen molar-refractivity contribution in [2.24, 2.45) is 0 Å². The van der Waals surface area contributed by atoms with Crippen LogP contribution in [0.15, 0.2) is 54.6 Å².